The predicted octanol–water partition coefficient (Wildman–Crippen LogP) is 3.25. The third-order valence-electron chi connectivity index (χ3n) is 4.42. The molecule has 0 bridgehead atoms. The number of nitrogens with one attached hydrogen (secondary N) is 1. The number of rotatable bonds is 4. The lowest BCUT2D eigenvalue weighted by molar-refractivity contribution is 0.634. The minimum atomic E-state index is 0.782. The summed E-state index contributed by atoms with van der Waals surface area (Å²) in [6.45, 7) is 5.59. The number of hydrogen-bond acceptors (Lipinski definition) is 6. The van der Waals surface area contributed by atoms with Crippen molar-refractivity contribution in [3.05, 3.63) is 66.5 Å². The molecule has 1 aliphatic rings. The molecule has 0 unspecified atom stereocenters. The second-order valence-electron chi connectivity index (χ2n) is 6.35. The van der Waals surface area contributed by atoms with E-state index in [0.717, 1.165) is 55.1 Å². The van der Waals surface area contributed by atoms with E-state index in [-0.39, 0.29) is 0 Å². The summed E-state index contributed by atoms with van der Waals surface area (Å²) in [6, 6.07) is 18.1. The highest BCUT2D eigenvalue weighted by Crippen LogP contribution is 2.20. The third-order valence-corrected chi connectivity index (χ3v) is 4.42. The Morgan fingerprint density at radius 1 is 0.846 bits per heavy atom. The zero-order valence-electron chi connectivity index (χ0n) is 14.8. The first-order valence-corrected chi connectivity index (χ1v) is 8.87. The molecule has 26 heavy (non-hydrogen) atoms. The maximum Gasteiger partial charge on any atom is 0.227 e. The number of benzene rings is 1. The highest BCUT2D eigenvalue weighted by molar-refractivity contribution is 5.57. The Kier molecular flexibility index (Phi) is 4.64. The molecule has 1 aliphatic heterocycles. The van der Waals surface area contributed by atoms with Crippen molar-refractivity contribution < 1.29 is 0 Å². The molecular formula is C20H22N6. The van der Waals surface area contributed by atoms with E-state index in [1.165, 1.54) is 0 Å². The van der Waals surface area contributed by atoms with Crippen LogP contribution in [0.3, 0.4) is 0 Å². The van der Waals surface area contributed by atoms with Gasteiger partial charge >= 0.3 is 0 Å². The first kappa shape index (κ1) is 16.3. The molecule has 0 atom stereocenters. The summed E-state index contributed by atoms with van der Waals surface area (Å²) in [4.78, 5) is 18.3. The summed E-state index contributed by atoms with van der Waals surface area (Å²) in [7, 11) is 0. The number of anilines is 4. The first-order chi connectivity index (χ1) is 12.8. The smallest absolute Gasteiger partial charge is 0.227 e. The molecule has 3 aromatic rings. The molecule has 2 aromatic heterocycles. The second kappa shape index (κ2) is 7.39. The van der Waals surface area contributed by atoms with Gasteiger partial charge in [-0.05, 0) is 31.2 Å². The first-order valence-electron chi connectivity index (χ1n) is 8.87. The van der Waals surface area contributed by atoms with Gasteiger partial charge in [-0.2, -0.15) is 4.98 Å². The fourth-order valence-corrected chi connectivity index (χ4v) is 3.10. The number of hydrogen-bond donors (Lipinski definition) is 1. The van der Waals surface area contributed by atoms with Crippen LogP contribution < -0.4 is 15.1 Å². The van der Waals surface area contributed by atoms with Crippen LogP contribution in [0.2, 0.25) is 0 Å². The van der Waals surface area contributed by atoms with Crippen molar-refractivity contribution in [2.45, 2.75) is 6.92 Å². The molecule has 1 aromatic carbocycles. The van der Waals surface area contributed by atoms with Crippen LogP contribution in [0.1, 0.15) is 5.69 Å². The van der Waals surface area contributed by atoms with Gasteiger partial charge in [-0.3, -0.25) is 0 Å². The summed E-state index contributed by atoms with van der Waals surface area (Å²) < 4.78 is 0. The van der Waals surface area contributed by atoms with E-state index >= 15 is 0 Å². The predicted molar refractivity (Wildman–Crippen MR) is 105 cm³/mol. The minimum absolute atomic E-state index is 0.782. The highest BCUT2D eigenvalue weighted by atomic mass is 15.3. The van der Waals surface area contributed by atoms with Gasteiger partial charge in [-0.25, -0.2) is 9.97 Å². The Labute approximate surface area is 153 Å². The highest BCUT2D eigenvalue weighted by Gasteiger charge is 2.20. The average molecular weight is 346 g/mol. The topological polar surface area (TPSA) is 57.2 Å². The Hall–Kier alpha value is -3.15. The van der Waals surface area contributed by atoms with E-state index in [0.29, 0.717) is 0 Å². The Morgan fingerprint density at radius 2 is 1.58 bits per heavy atom. The SMILES string of the molecule is Cc1cc(Nc2ccccc2)nc(N2CCN(c3ccccn3)CC2)n1. The summed E-state index contributed by atoms with van der Waals surface area (Å²) >= 11 is 0. The summed E-state index contributed by atoms with van der Waals surface area (Å²) in [5.74, 6) is 2.64. The molecule has 0 saturated carbocycles. The lowest BCUT2D eigenvalue weighted by atomic mass is 10.3. The molecule has 0 aliphatic carbocycles. The van der Waals surface area contributed by atoms with Crippen LogP contribution in [0.4, 0.5) is 23.3 Å². The molecule has 1 saturated heterocycles. The Morgan fingerprint density at radius 3 is 2.31 bits per heavy atom. The number of piperazine rings is 1. The molecule has 0 spiro atoms. The van der Waals surface area contributed by atoms with Gasteiger partial charge in [0, 0.05) is 49.8 Å². The standard InChI is InChI=1S/C20H22N6/c1-16-15-18(23-17-7-3-2-4-8-17)24-20(22-16)26-13-11-25(12-14-26)19-9-5-6-10-21-19/h2-10,15H,11-14H2,1H3,(H,22,23,24). The lowest BCUT2D eigenvalue weighted by Gasteiger charge is -2.35. The fourth-order valence-electron chi connectivity index (χ4n) is 3.10. The van der Waals surface area contributed by atoms with Crippen LogP contribution in [0.15, 0.2) is 60.8 Å². The molecule has 4 rings (SSSR count). The van der Waals surface area contributed by atoms with E-state index < -0.39 is 0 Å². The van der Waals surface area contributed by atoms with Crippen LogP contribution in [-0.4, -0.2) is 41.1 Å². The largest absolute Gasteiger partial charge is 0.353 e. The zero-order valence-corrected chi connectivity index (χ0v) is 14.8. The van der Waals surface area contributed by atoms with Crippen molar-refractivity contribution >= 4 is 23.3 Å². The normalized spacial score (nSPS) is 14.3. The molecule has 3 heterocycles. The van der Waals surface area contributed by atoms with E-state index in [4.69, 9.17) is 4.98 Å². The van der Waals surface area contributed by atoms with Gasteiger partial charge < -0.3 is 15.1 Å². The molecule has 6 heteroatoms. The van der Waals surface area contributed by atoms with Crippen molar-refractivity contribution in [3.63, 3.8) is 0 Å². The van der Waals surface area contributed by atoms with Gasteiger partial charge in [-0.15, -0.1) is 0 Å². The average Bonchev–Trinajstić information content (AvgIpc) is 2.69. The summed E-state index contributed by atoms with van der Waals surface area (Å²) in [6.07, 6.45) is 1.84. The fraction of sp³-hybridized carbons (Fsp3) is 0.250. The van der Waals surface area contributed by atoms with Crippen LogP contribution in [0, 0.1) is 6.92 Å². The molecule has 6 nitrogen and oxygen atoms in total. The quantitative estimate of drug-likeness (QED) is 0.783. The molecule has 1 fully saturated rings. The second-order valence-corrected chi connectivity index (χ2v) is 6.35. The number of aromatic nitrogens is 3. The van der Waals surface area contributed by atoms with E-state index in [2.05, 4.69) is 31.2 Å². The molecule has 132 valence electrons. The van der Waals surface area contributed by atoms with Crippen molar-refractivity contribution in [2.24, 2.45) is 0 Å². The lowest BCUT2D eigenvalue weighted by Crippen LogP contribution is -2.47. The van der Waals surface area contributed by atoms with Crippen LogP contribution in [0.5, 0.6) is 0 Å². The number of para-hydroxylation sites is 1. The monoisotopic (exact) mass is 346 g/mol. The van der Waals surface area contributed by atoms with Gasteiger partial charge in [0.1, 0.15) is 11.6 Å². The molecular weight excluding hydrogens is 324 g/mol. The minimum Gasteiger partial charge on any atom is -0.353 e. The van der Waals surface area contributed by atoms with Crippen molar-refractivity contribution in [3.8, 4) is 0 Å². The van der Waals surface area contributed by atoms with Gasteiger partial charge in [0.2, 0.25) is 5.95 Å². The Balaban J connectivity index is 1.46. The van der Waals surface area contributed by atoms with Crippen molar-refractivity contribution in [1.29, 1.82) is 0 Å². The number of pyridine rings is 1. The van der Waals surface area contributed by atoms with E-state index in [9.17, 15) is 0 Å². The summed E-state index contributed by atoms with van der Waals surface area (Å²) in [5, 5.41) is 3.36. The maximum absolute atomic E-state index is 4.72. The van der Waals surface area contributed by atoms with Gasteiger partial charge in [0.15, 0.2) is 0 Å². The van der Waals surface area contributed by atoms with Crippen LogP contribution in [-0.2, 0) is 0 Å². The molecule has 0 amide bonds. The number of aryl methyl sites for hydroxylation is 1. The Bertz CT molecular complexity index is 845. The van der Waals surface area contributed by atoms with Gasteiger partial charge in [-0.1, -0.05) is 24.3 Å². The van der Waals surface area contributed by atoms with Crippen molar-refractivity contribution in [1.82, 2.24) is 15.0 Å². The van der Waals surface area contributed by atoms with Crippen LogP contribution in [0.25, 0.3) is 0 Å². The van der Waals surface area contributed by atoms with E-state index in [1.54, 1.807) is 0 Å². The van der Waals surface area contributed by atoms with Crippen LogP contribution >= 0.6 is 0 Å². The molecule has 0 radical (unpaired) electrons. The maximum atomic E-state index is 4.72. The van der Waals surface area contributed by atoms with E-state index in [1.807, 2.05) is 61.7 Å². The number of nitrogens with zero attached hydrogens (tertiary/aromatic N) is 5. The molecule has 1 N–H and O–H groups in total. The zero-order chi connectivity index (χ0) is 17.8. The summed E-state index contributed by atoms with van der Waals surface area (Å²) in [5.41, 5.74) is 1.98. The third kappa shape index (κ3) is 3.74. The van der Waals surface area contributed by atoms with Crippen molar-refractivity contribution in [2.75, 3.05) is 41.3 Å². The van der Waals surface area contributed by atoms with Gasteiger partial charge in [0.05, 0.1) is 0 Å². The van der Waals surface area contributed by atoms with Gasteiger partial charge in [0.25, 0.3) is 0 Å².